The fraction of sp³-hybridized carbons (Fsp3) is 0.135. The average molecular weight is 572 g/mol. The lowest BCUT2D eigenvalue weighted by molar-refractivity contribution is -0.142. The van der Waals surface area contributed by atoms with Crippen molar-refractivity contribution < 1.29 is 23.8 Å². The van der Waals surface area contributed by atoms with Crippen LogP contribution in [-0.4, -0.2) is 25.0 Å². The molecule has 0 heterocycles. The van der Waals surface area contributed by atoms with Crippen LogP contribution in [0.3, 0.4) is 0 Å². The number of hydrogen-bond donors (Lipinski definition) is 1. The van der Waals surface area contributed by atoms with Gasteiger partial charge >= 0.3 is 5.97 Å². The molecule has 0 spiro atoms. The van der Waals surface area contributed by atoms with Gasteiger partial charge in [0.15, 0.2) is 0 Å². The van der Waals surface area contributed by atoms with Gasteiger partial charge in [0, 0.05) is 12.0 Å². The second kappa shape index (κ2) is 14.5. The van der Waals surface area contributed by atoms with Crippen LogP contribution >= 0.6 is 0 Å². The molecule has 216 valence electrons. The summed E-state index contributed by atoms with van der Waals surface area (Å²) >= 11 is 0. The molecule has 1 unspecified atom stereocenters. The lowest BCUT2D eigenvalue weighted by atomic mass is 10.0. The van der Waals surface area contributed by atoms with Crippen molar-refractivity contribution in [3.63, 3.8) is 0 Å². The molecule has 1 atom stereocenters. The van der Waals surface area contributed by atoms with Crippen molar-refractivity contribution in [2.24, 2.45) is 0 Å². The standard InChI is InChI=1S/C37H33NO5/c1-41-37(40)35(24-27-14-20-33(21-15-27)42-25-28-8-4-2-5-9-28)38-36(39)32-18-22-34(23-19-32)43-26-29-12-16-31(17-13-29)30-10-6-3-7-11-30/h2-23,35H,24-26H2,1H3,(H,38,39). The minimum atomic E-state index is -0.844. The molecule has 5 aromatic carbocycles. The molecule has 0 aromatic heterocycles. The first-order chi connectivity index (χ1) is 21.1. The van der Waals surface area contributed by atoms with Gasteiger partial charge in [0.05, 0.1) is 7.11 Å². The van der Waals surface area contributed by atoms with Crippen LogP contribution < -0.4 is 14.8 Å². The number of hydrogen-bond acceptors (Lipinski definition) is 5. The third-order valence-corrected chi connectivity index (χ3v) is 6.99. The SMILES string of the molecule is COC(=O)C(Cc1ccc(OCc2ccccc2)cc1)NC(=O)c1ccc(OCc2ccc(-c3ccccc3)cc2)cc1. The minimum Gasteiger partial charge on any atom is -0.489 e. The maximum atomic E-state index is 13.0. The Morgan fingerprint density at radius 2 is 1.07 bits per heavy atom. The van der Waals surface area contributed by atoms with Crippen LogP contribution in [-0.2, 0) is 29.2 Å². The lowest BCUT2D eigenvalue weighted by Crippen LogP contribution is -2.43. The smallest absolute Gasteiger partial charge is 0.328 e. The van der Waals surface area contributed by atoms with Gasteiger partial charge < -0.3 is 19.5 Å². The summed E-state index contributed by atoms with van der Waals surface area (Å²) in [6.07, 6.45) is 0.279. The molecule has 6 nitrogen and oxygen atoms in total. The molecule has 1 amide bonds. The number of benzene rings is 5. The van der Waals surface area contributed by atoms with E-state index in [-0.39, 0.29) is 12.3 Å². The highest BCUT2D eigenvalue weighted by atomic mass is 16.5. The molecular formula is C37H33NO5. The molecule has 0 aliphatic carbocycles. The van der Waals surface area contributed by atoms with Gasteiger partial charge in [0.1, 0.15) is 30.8 Å². The molecule has 43 heavy (non-hydrogen) atoms. The van der Waals surface area contributed by atoms with Gasteiger partial charge in [0.2, 0.25) is 0 Å². The maximum absolute atomic E-state index is 13.0. The van der Waals surface area contributed by atoms with Crippen LogP contribution in [0.2, 0.25) is 0 Å². The summed E-state index contributed by atoms with van der Waals surface area (Å²) in [5.74, 6) is 0.470. The Kier molecular flexibility index (Phi) is 9.83. The van der Waals surface area contributed by atoms with E-state index in [2.05, 4.69) is 29.6 Å². The van der Waals surface area contributed by atoms with Gasteiger partial charge in [-0.2, -0.15) is 0 Å². The summed E-state index contributed by atoms with van der Waals surface area (Å²) in [5.41, 5.74) is 5.71. The Bertz CT molecular complexity index is 1600. The molecule has 0 radical (unpaired) electrons. The topological polar surface area (TPSA) is 73.9 Å². The van der Waals surface area contributed by atoms with Crippen molar-refractivity contribution in [2.45, 2.75) is 25.7 Å². The third-order valence-electron chi connectivity index (χ3n) is 6.99. The number of methoxy groups -OCH3 is 1. The molecule has 5 aromatic rings. The molecule has 0 aliphatic heterocycles. The van der Waals surface area contributed by atoms with E-state index in [1.165, 1.54) is 12.7 Å². The number of ether oxygens (including phenoxy) is 3. The molecule has 0 fully saturated rings. The molecule has 0 aliphatic rings. The Balaban J connectivity index is 1.13. The number of carbonyl (C=O) groups is 2. The first-order valence-electron chi connectivity index (χ1n) is 14.1. The summed E-state index contributed by atoms with van der Waals surface area (Å²) in [4.78, 5) is 25.5. The van der Waals surface area contributed by atoms with Crippen molar-refractivity contribution in [1.29, 1.82) is 0 Å². The van der Waals surface area contributed by atoms with Crippen molar-refractivity contribution in [1.82, 2.24) is 5.32 Å². The Morgan fingerprint density at radius 1 is 0.581 bits per heavy atom. The Morgan fingerprint density at radius 3 is 1.65 bits per heavy atom. The van der Waals surface area contributed by atoms with Gasteiger partial charge in [-0.25, -0.2) is 4.79 Å². The van der Waals surface area contributed by atoms with E-state index in [0.717, 1.165) is 28.0 Å². The first-order valence-corrected chi connectivity index (χ1v) is 14.1. The third kappa shape index (κ3) is 8.33. The summed E-state index contributed by atoms with van der Waals surface area (Å²) in [5, 5.41) is 2.80. The normalized spacial score (nSPS) is 11.3. The lowest BCUT2D eigenvalue weighted by Gasteiger charge is -2.17. The summed E-state index contributed by atoms with van der Waals surface area (Å²) in [7, 11) is 1.31. The van der Waals surface area contributed by atoms with Crippen LogP contribution in [0.15, 0.2) is 133 Å². The molecule has 0 bridgehead atoms. The number of amides is 1. The summed E-state index contributed by atoms with van der Waals surface area (Å²) < 4.78 is 16.7. The molecular weight excluding hydrogens is 538 g/mol. The van der Waals surface area contributed by atoms with E-state index in [1.54, 1.807) is 24.3 Å². The van der Waals surface area contributed by atoms with Crippen LogP contribution in [0.25, 0.3) is 11.1 Å². The summed E-state index contributed by atoms with van der Waals surface area (Å²) in [6, 6.07) is 41.8. The van der Waals surface area contributed by atoms with Crippen LogP contribution in [0.5, 0.6) is 11.5 Å². The zero-order valence-corrected chi connectivity index (χ0v) is 23.9. The zero-order valence-electron chi connectivity index (χ0n) is 23.9. The molecule has 1 N–H and O–H groups in total. The second-order valence-corrected chi connectivity index (χ2v) is 10.0. The van der Waals surface area contributed by atoms with E-state index in [1.807, 2.05) is 84.9 Å². The largest absolute Gasteiger partial charge is 0.489 e. The number of esters is 1. The van der Waals surface area contributed by atoms with Gasteiger partial charge in [-0.15, -0.1) is 0 Å². The van der Waals surface area contributed by atoms with Crippen molar-refractivity contribution >= 4 is 11.9 Å². The van der Waals surface area contributed by atoms with Gasteiger partial charge in [-0.3, -0.25) is 4.79 Å². The Labute approximate surface area is 251 Å². The summed E-state index contributed by atoms with van der Waals surface area (Å²) in [6.45, 7) is 0.869. The quantitative estimate of drug-likeness (QED) is 0.163. The van der Waals surface area contributed by atoms with E-state index < -0.39 is 12.0 Å². The van der Waals surface area contributed by atoms with E-state index in [0.29, 0.717) is 24.5 Å². The fourth-order valence-electron chi connectivity index (χ4n) is 4.57. The van der Waals surface area contributed by atoms with Gasteiger partial charge in [-0.05, 0) is 64.2 Å². The average Bonchev–Trinajstić information content (AvgIpc) is 3.07. The van der Waals surface area contributed by atoms with Crippen LogP contribution in [0.4, 0.5) is 0 Å². The molecule has 6 heteroatoms. The predicted octanol–water partition coefficient (Wildman–Crippen LogP) is 7.03. The van der Waals surface area contributed by atoms with Crippen molar-refractivity contribution in [3.8, 4) is 22.6 Å². The first kappa shape index (κ1) is 29.1. The predicted molar refractivity (Wildman–Crippen MR) is 167 cm³/mol. The highest BCUT2D eigenvalue weighted by Gasteiger charge is 2.23. The maximum Gasteiger partial charge on any atom is 0.328 e. The zero-order chi connectivity index (χ0) is 29.9. The number of carbonyl (C=O) groups excluding carboxylic acids is 2. The molecule has 0 saturated heterocycles. The highest BCUT2D eigenvalue weighted by Crippen LogP contribution is 2.21. The van der Waals surface area contributed by atoms with Crippen molar-refractivity contribution in [3.05, 3.63) is 156 Å². The van der Waals surface area contributed by atoms with E-state index in [9.17, 15) is 9.59 Å². The number of rotatable bonds is 12. The van der Waals surface area contributed by atoms with Crippen LogP contribution in [0, 0.1) is 0 Å². The van der Waals surface area contributed by atoms with E-state index >= 15 is 0 Å². The van der Waals surface area contributed by atoms with Crippen molar-refractivity contribution in [2.75, 3.05) is 7.11 Å². The van der Waals surface area contributed by atoms with E-state index in [4.69, 9.17) is 14.2 Å². The second-order valence-electron chi connectivity index (χ2n) is 10.0. The van der Waals surface area contributed by atoms with Crippen LogP contribution in [0.1, 0.15) is 27.0 Å². The number of nitrogens with one attached hydrogen (secondary N) is 1. The van der Waals surface area contributed by atoms with Gasteiger partial charge in [0.25, 0.3) is 5.91 Å². The highest BCUT2D eigenvalue weighted by molar-refractivity contribution is 5.97. The molecule has 5 rings (SSSR count). The molecule has 0 saturated carbocycles. The monoisotopic (exact) mass is 571 g/mol. The fourth-order valence-corrected chi connectivity index (χ4v) is 4.57. The Hall–Kier alpha value is -5.36. The minimum absolute atomic E-state index is 0.279. The van der Waals surface area contributed by atoms with Gasteiger partial charge in [-0.1, -0.05) is 97.1 Å².